The lowest BCUT2D eigenvalue weighted by Crippen LogP contribution is -2.28. The van der Waals surface area contributed by atoms with E-state index in [1.165, 1.54) is 0 Å². The Kier molecular flexibility index (Phi) is 7.22. The van der Waals surface area contributed by atoms with Crippen molar-refractivity contribution in [3.63, 3.8) is 0 Å². The molecule has 0 aliphatic rings. The largest absolute Gasteiger partial charge is 0.506 e. The van der Waals surface area contributed by atoms with E-state index in [1.54, 1.807) is 38.3 Å². The zero-order valence-electron chi connectivity index (χ0n) is 17.5. The van der Waals surface area contributed by atoms with Gasteiger partial charge in [-0.25, -0.2) is 5.43 Å². The normalized spacial score (nSPS) is 11.2. The highest BCUT2D eigenvalue weighted by Gasteiger charge is 2.13. The van der Waals surface area contributed by atoms with Gasteiger partial charge in [-0.05, 0) is 42.5 Å². The lowest BCUT2D eigenvalue weighted by Gasteiger charge is -2.08. The standard InChI is InChI=1S/C24H25N3O4/c1-16(15-22(28)25-14-13-17-7-10-19(31-2)11-8-17)26-27-24(30)21-12-9-18-5-3-4-6-20(18)23(21)29/h3-12,29H,13-15H2,1-2H3,(H,25,28)(H,27,30)/b26-16+. The molecule has 0 heterocycles. The molecule has 0 saturated carbocycles. The van der Waals surface area contributed by atoms with Gasteiger partial charge in [0.1, 0.15) is 11.5 Å². The summed E-state index contributed by atoms with van der Waals surface area (Å²) in [5.74, 6) is -0.0292. The fraction of sp³-hybridized carbons (Fsp3) is 0.208. The molecule has 3 rings (SSSR count). The molecule has 3 aromatic carbocycles. The van der Waals surface area contributed by atoms with Gasteiger partial charge < -0.3 is 15.2 Å². The van der Waals surface area contributed by atoms with Gasteiger partial charge in [0.25, 0.3) is 5.91 Å². The lowest BCUT2D eigenvalue weighted by molar-refractivity contribution is -0.119. The van der Waals surface area contributed by atoms with Gasteiger partial charge in [0.05, 0.1) is 19.1 Å². The molecule has 7 nitrogen and oxygen atoms in total. The summed E-state index contributed by atoms with van der Waals surface area (Å²) in [6, 6.07) is 18.2. The highest BCUT2D eigenvalue weighted by atomic mass is 16.5. The molecule has 0 aromatic heterocycles. The molecule has 2 amide bonds. The molecule has 3 aromatic rings. The number of amides is 2. The van der Waals surface area contributed by atoms with Crippen LogP contribution < -0.4 is 15.5 Å². The van der Waals surface area contributed by atoms with Crippen LogP contribution in [0.15, 0.2) is 65.8 Å². The van der Waals surface area contributed by atoms with Gasteiger partial charge in [-0.15, -0.1) is 0 Å². The predicted octanol–water partition coefficient (Wildman–Crippen LogP) is 3.41. The Morgan fingerprint density at radius 1 is 1.03 bits per heavy atom. The molecule has 0 bridgehead atoms. The molecule has 0 saturated heterocycles. The van der Waals surface area contributed by atoms with Crippen molar-refractivity contribution in [1.82, 2.24) is 10.7 Å². The number of hydrogen-bond donors (Lipinski definition) is 3. The maximum absolute atomic E-state index is 12.4. The first kappa shape index (κ1) is 21.8. The van der Waals surface area contributed by atoms with Crippen molar-refractivity contribution in [3.8, 4) is 11.5 Å². The molecule has 0 radical (unpaired) electrons. The topological polar surface area (TPSA) is 100 Å². The predicted molar refractivity (Wildman–Crippen MR) is 121 cm³/mol. The third-order valence-corrected chi connectivity index (χ3v) is 4.80. The van der Waals surface area contributed by atoms with E-state index in [-0.39, 0.29) is 23.6 Å². The van der Waals surface area contributed by atoms with E-state index in [0.717, 1.165) is 16.7 Å². The first-order valence-corrected chi connectivity index (χ1v) is 9.92. The van der Waals surface area contributed by atoms with Crippen molar-refractivity contribution in [1.29, 1.82) is 0 Å². The number of carbonyl (C=O) groups is 2. The van der Waals surface area contributed by atoms with Crippen molar-refractivity contribution in [2.24, 2.45) is 5.10 Å². The van der Waals surface area contributed by atoms with Crippen LogP contribution in [0.3, 0.4) is 0 Å². The summed E-state index contributed by atoms with van der Waals surface area (Å²) in [5, 5.41) is 18.6. The number of ether oxygens (including phenoxy) is 1. The second-order valence-electron chi connectivity index (χ2n) is 7.10. The van der Waals surface area contributed by atoms with Crippen LogP contribution in [0, 0.1) is 0 Å². The fourth-order valence-corrected chi connectivity index (χ4v) is 3.12. The molecular formula is C24H25N3O4. The summed E-state index contributed by atoms with van der Waals surface area (Å²) >= 11 is 0. The van der Waals surface area contributed by atoms with E-state index >= 15 is 0 Å². The molecule has 31 heavy (non-hydrogen) atoms. The number of methoxy groups -OCH3 is 1. The van der Waals surface area contributed by atoms with E-state index in [2.05, 4.69) is 15.8 Å². The van der Waals surface area contributed by atoms with Crippen LogP contribution in [0.2, 0.25) is 0 Å². The van der Waals surface area contributed by atoms with Crippen LogP contribution in [0.5, 0.6) is 11.5 Å². The number of phenols is 1. The number of hydrogen-bond acceptors (Lipinski definition) is 5. The number of nitrogens with one attached hydrogen (secondary N) is 2. The third kappa shape index (κ3) is 5.82. The van der Waals surface area contributed by atoms with Crippen molar-refractivity contribution in [2.75, 3.05) is 13.7 Å². The van der Waals surface area contributed by atoms with Gasteiger partial charge in [0.2, 0.25) is 5.91 Å². The SMILES string of the molecule is COc1ccc(CCNC(=O)C/C(C)=N/NC(=O)c2ccc3ccccc3c2O)cc1. The zero-order chi connectivity index (χ0) is 22.2. The maximum atomic E-state index is 12.4. The van der Waals surface area contributed by atoms with Gasteiger partial charge in [0, 0.05) is 17.6 Å². The molecule has 160 valence electrons. The van der Waals surface area contributed by atoms with Crippen LogP contribution in [0.1, 0.15) is 29.3 Å². The molecule has 3 N–H and O–H groups in total. The Balaban J connectivity index is 1.49. The number of benzene rings is 3. The summed E-state index contributed by atoms with van der Waals surface area (Å²) in [6.07, 6.45) is 0.760. The zero-order valence-corrected chi connectivity index (χ0v) is 17.5. The molecular weight excluding hydrogens is 394 g/mol. The minimum absolute atomic E-state index is 0.0621. The Labute approximate surface area is 180 Å². The van der Waals surface area contributed by atoms with Crippen LogP contribution in [-0.2, 0) is 11.2 Å². The molecule has 0 unspecified atom stereocenters. The Morgan fingerprint density at radius 3 is 2.52 bits per heavy atom. The quantitative estimate of drug-likeness (QED) is 0.385. The van der Waals surface area contributed by atoms with Crippen molar-refractivity contribution < 1.29 is 19.4 Å². The number of rotatable bonds is 8. The lowest BCUT2D eigenvalue weighted by atomic mass is 10.1. The molecule has 0 fully saturated rings. The molecule has 0 aliphatic carbocycles. The highest BCUT2D eigenvalue weighted by molar-refractivity contribution is 6.05. The van der Waals surface area contributed by atoms with Gasteiger partial charge in [0.15, 0.2) is 0 Å². The van der Waals surface area contributed by atoms with Crippen molar-refractivity contribution in [2.45, 2.75) is 19.8 Å². The summed E-state index contributed by atoms with van der Waals surface area (Å²) in [5.41, 5.74) is 4.07. The third-order valence-electron chi connectivity index (χ3n) is 4.80. The highest BCUT2D eigenvalue weighted by Crippen LogP contribution is 2.28. The molecule has 0 aliphatic heterocycles. The summed E-state index contributed by atoms with van der Waals surface area (Å²) in [4.78, 5) is 24.5. The molecule has 7 heteroatoms. The second kappa shape index (κ2) is 10.2. The molecule has 0 atom stereocenters. The number of nitrogens with zero attached hydrogens (tertiary/aromatic N) is 1. The smallest absolute Gasteiger partial charge is 0.275 e. The van der Waals surface area contributed by atoms with Crippen LogP contribution in [-0.4, -0.2) is 36.3 Å². The van der Waals surface area contributed by atoms with E-state index in [1.807, 2.05) is 36.4 Å². The second-order valence-corrected chi connectivity index (χ2v) is 7.10. The van der Waals surface area contributed by atoms with Crippen LogP contribution in [0.25, 0.3) is 10.8 Å². The monoisotopic (exact) mass is 419 g/mol. The molecule has 0 spiro atoms. The summed E-state index contributed by atoms with van der Waals surface area (Å²) in [7, 11) is 1.62. The maximum Gasteiger partial charge on any atom is 0.275 e. The Morgan fingerprint density at radius 2 is 1.77 bits per heavy atom. The van der Waals surface area contributed by atoms with Gasteiger partial charge in [-0.3, -0.25) is 9.59 Å². The van der Waals surface area contributed by atoms with Crippen molar-refractivity contribution in [3.05, 3.63) is 71.8 Å². The Bertz CT molecular complexity index is 1110. The summed E-state index contributed by atoms with van der Waals surface area (Å²) < 4.78 is 5.12. The van der Waals surface area contributed by atoms with Gasteiger partial charge in [-0.1, -0.05) is 42.5 Å². The van der Waals surface area contributed by atoms with E-state index < -0.39 is 5.91 Å². The number of phenolic OH excluding ortho intramolecular Hbond substituents is 1. The minimum atomic E-state index is -0.539. The number of fused-ring (bicyclic) bond motifs is 1. The van der Waals surface area contributed by atoms with E-state index in [4.69, 9.17) is 4.74 Å². The number of carbonyl (C=O) groups excluding carboxylic acids is 2. The summed E-state index contributed by atoms with van der Waals surface area (Å²) in [6.45, 7) is 2.15. The fourth-order valence-electron chi connectivity index (χ4n) is 3.12. The van der Waals surface area contributed by atoms with Gasteiger partial charge >= 0.3 is 0 Å². The van der Waals surface area contributed by atoms with E-state index in [0.29, 0.717) is 24.1 Å². The van der Waals surface area contributed by atoms with E-state index in [9.17, 15) is 14.7 Å². The van der Waals surface area contributed by atoms with Crippen molar-refractivity contribution >= 4 is 28.3 Å². The first-order valence-electron chi connectivity index (χ1n) is 9.92. The first-order chi connectivity index (χ1) is 15.0. The van der Waals surface area contributed by atoms with Crippen LogP contribution >= 0.6 is 0 Å². The number of aromatic hydroxyl groups is 1. The average molecular weight is 419 g/mol. The van der Waals surface area contributed by atoms with Gasteiger partial charge in [-0.2, -0.15) is 5.10 Å². The number of hydrazone groups is 1. The average Bonchev–Trinajstić information content (AvgIpc) is 2.78. The minimum Gasteiger partial charge on any atom is -0.506 e. The van der Waals surface area contributed by atoms with Crippen LogP contribution in [0.4, 0.5) is 0 Å². The Hall–Kier alpha value is -3.87.